The Bertz CT molecular complexity index is 1220. The molecule has 9 nitrogen and oxygen atoms in total. The third-order valence-corrected chi connectivity index (χ3v) is 6.27. The normalized spacial score (nSPS) is 15.4. The van der Waals surface area contributed by atoms with Crippen LogP contribution in [0.25, 0.3) is 16.9 Å². The summed E-state index contributed by atoms with van der Waals surface area (Å²) in [6, 6.07) is 0.357. The van der Waals surface area contributed by atoms with E-state index in [4.69, 9.17) is 4.98 Å². The largest absolute Gasteiger partial charge is 0.469 e. The second kappa shape index (κ2) is 7.20. The first-order chi connectivity index (χ1) is 13.9. The van der Waals surface area contributed by atoms with Gasteiger partial charge in [-0.25, -0.2) is 4.79 Å². The van der Waals surface area contributed by atoms with Crippen LogP contribution in [0.1, 0.15) is 56.0 Å². The summed E-state index contributed by atoms with van der Waals surface area (Å²) in [7, 11) is 2.89. The number of imidazole rings is 2. The van der Waals surface area contributed by atoms with Crippen molar-refractivity contribution >= 4 is 22.9 Å². The summed E-state index contributed by atoms with van der Waals surface area (Å²) in [5.74, 6) is 0.243. The Labute approximate surface area is 167 Å². The average molecular weight is 401 g/mol. The van der Waals surface area contributed by atoms with Crippen molar-refractivity contribution in [3.63, 3.8) is 0 Å². The van der Waals surface area contributed by atoms with Crippen molar-refractivity contribution in [3.05, 3.63) is 32.2 Å². The van der Waals surface area contributed by atoms with E-state index in [0.29, 0.717) is 23.0 Å². The zero-order chi connectivity index (χ0) is 20.9. The van der Waals surface area contributed by atoms with Gasteiger partial charge in [-0.1, -0.05) is 19.3 Å². The Kier molecular flexibility index (Phi) is 4.84. The number of rotatable bonds is 4. The van der Waals surface area contributed by atoms with E-state index in [1.807, 2.05) is 11.3 Å². The number of methoxy groups -OCH3 is 1. The van der Waals surface area contributed by atoms with Gasteiger partial charge >= 0.3 is 11.7 Å². The Morgan fingerprint density at radius 2 is 1.83 bits per heavy atom. The molecule has 3 heterocycles. The van der Waals surface area contributed by atoms with Crippen molar-refractivity contribution in [1.29, 1.82) is 0 Å². The van der Waals surface area contributed by atoms with E-state index in [1.165, 1.54) is 30.9 Å². The van der Waals surface area contributed by atoms with Gasteiger partial charge in [-0.15, -0.1) is 0 Å². The molecule has 0 aliphatic heterocycles. The maximum atomic E-state index is 13.3. The monoisotopic (exact) mass is 401 g/mol. The van der Waals surface area contributed by atoms with Crippen LogP contribution in [-0.4, -0.2) is 36.2 Å². The number of carbonyl (C=O) groups is 1. The number of carbonyl (C=O) groups excluding carboxylic acids is 1. The van der Waals surface area contributed by atoms with Crippen LogP contribution in [0.5, 0.6) is 0 Å². The highest BCUT2D eigenvalue weighted by atomic mass is 16.5. The highest BCUT2D eigenvalue weighted by Crippen LogP contribution is 2.33. The fourth-order valence-electron chi connectivity index (χ4n) is 4.55. The Morgan fingerprint density at radius 3 is 2.48 bits per heavy atom. The molecule has 0 amide bonds. The summed E-state index contributed by atoms with van der Waals surface area (Å²) < 4.78 is 11.2. The molecule has 9 heteroatoms. The summed E-state index contributed by atoms with van der Waals surface area (Å²) in [6.45, 7) is 4.01. The lowest BCUT2D eigenvalue weighted by atomic mass is 9.95. The molecule has 0 spiro atoms. The van der Waals surface area contributed by atoms with Crippen molar-refractivity contribution in [2.75, 3.05) is 7.11 Å². The minimum atomic E-state index is -0.481. The lowest BCUT2D eigenvalue weighted by Crippen LogP contribution is -2.40. The maximum Gasteiger partial charge on any atom is 0.332 e. The van der Waals surface area contributed by atoms with Crippen LogP contribution in [0.3, 0.4) is 0 Å². The van der Waals surface area contributed by atoms with Gasteiger partial charge in [0.1, 0.15) is 0 Å². The quantitative estimate of drug-likeness (QED) is 0.622. The molecule has 0 bridgehead atoms. The first-order valence-electron chi connectivity index (χ1n) is 10.1. The number of esters is 1. The zero-order valence-electron chi connectivity index (χ0n) is 17.4. The van der Waals surface area contributed by atoms with E-state index in [1.54, 1.807) is 7.05 Å². The molecule has 4 rings (SSSR count). The van der Waals surface area contributed by atoms with Crippen LogP contribution in [0.2, 0.25) is 0 Å². The minimum absolute atomic E-state index is 0.0251. The van der Waals surface area contributed by atoms with Crippen LogP contribution in [0, 0.1) is 13.8 Å². The smallest absolute Gasteiger partial charge is 0.332 e. The van der Waals surface area contributed by atoms with E-state index >= 15 is 0 Å². The number of nitrogens with zero attached hydrogens (tertiary/aromatic N) is 5. The van der Waals surface area contributed by atoms with Crippen molar-refractivity contribution in [2.24, 2.45) is 7.05 Å². The zero-order valence-corrected chi connectivity index (χ0v) is 17.4. The van der Waals surface area contributed by atoms with Gasteiger partial charge in [0.15, 0.2) is 11.2 Å². The molecule has 0 saturated heterocycles. The van der Waals surface area contributed by atoms with Gasteiger partial charge < -0.3 is 9.30 Å². The number of fused-ring (bicyclic) bond motifs is 3. The van der Waals surface area contributed by atoms with Gasteiger partial charge in [-0.05, 0) is 26.7 Å². The van der Waals surface area contributed by atoms with Crippen molar-refractivity contribution < 1.29 is 9.53 Å². The molecule has 29 heavy (non-hydrogen) atoms. The number of aromatic nitrogens is 5. The highest BCUT2D eigenvalue weighted by Gasteiger charge is 2.26. The van der Waals surface area contributed by atoms with Gasteiger partial charge in [0, 0.05) is 31.0 Å². The molecule has 1 aliphatic rings. The molecular weight excluding hydrogens is 374 g/mol. The molecule has 0 radical (unpaired) electrons. The molecule has 0 atom stereocenters. The predicted molar refractivity (Wildman–Crippen MR) is 108 cm³/mol. The van der Waals surface area contributed by atoms with E-state index in [9.17, 15) is 14.4 Å². The summed E-state index contributed by atoms with van der Waals surface area (Å²) in [5.41, 5.74) is 1.88. The summed E-state index contributed by atoms with van der Waals surface area (Å²) in [6.07, 6.45) is 5.77. The standard InChI is InChI=1S/C20H27N5O4/c1-12-13(2)25-16-17(21-19(25)24(12)14-8-6-5-7-9-14)22(3)20(28)23(18(16)27)11-10-15(26)29-4/h14H,5-11H2,1-4H3. The van der Waals surface area contributed by atoms with Crippen LogP contribution < -0.4 is 11.2 Å². The molecule has 156 valence electrons. The molecule has 0 unspecified atom stereocenters. The number of hydrogen-bond donors (Lipinski definition) is 0. The number of aryl methyl sites for hydroxylation is 2. The average Bonchev–Trinajstić information content (AvgIpc) is 3.22. The molecule has 1 fully saturated rings. The Morgan fingerprint density at radius 1 is 1.14 bits per heavy atom. The van der Waals surface area contributed by atoms with E-state index in [0.717, 1.165) is 28.8 Å². The van der Waals surface area contributed by atoms with E-state index in [2.05, 4.69) is 16.2 Å². The van der Waals surface area contributed by atoms with Gasteiger partial charge in [0.2, 0.25) is 5.78 Å². The summed E-state index contributed by atoms with van der Waals surface area (Å²) >= 11 is 0. The summed E-state index contributed by atoms with van der Waals surface area (Å²) in [4.78, 5) is 42.3. The van der Waals surface area contributed by atoms with E-state index in [-0.39, 0.29) is 13.0 Å². The Hall–Kier alpha value is -2.84. The molecule has 3 aromatic heterocycles. The third kappa shape index (κ3) is 2.90. The second-order valence-corrected chi connectivity index (χ2v) is 7.88. The molecule has 0 aromatic carbocycles. The Balaban J connectivity index is 1.98. The van der Waals surface area contributed by atoms with Crippen LogP contribution >= 0.6 is 0 Å². The number of ether oxygens (including phenoxy) is 1. The van der Waals surface area contributed by atoms with Crippen molar-refractivity contribution in [1.82, 2.24) is 23.1 Å². The van der Waals surface area contributed by atoms with Crippen molar-refractivity contribution in [3.8, 4) is 0 Å². The number of hydrogen-bond acceptors (Lipinski definition) is 5. The molecular formula is C20H27N5O4. The fraction of sp³-hybridized carbons (Fsp3) is 0.600. The first-order valence-corrected chi connectivity index (χ1v) is 10.1. The van der Waals surface area contributed by atoms with Crippen LogP contribution in [-0.2, 0) is 23.1 Å². The molecule has 1 saturated carbocycles. The maximum absolute atomic E-state index is 13.3. The van der Waals surface area contributed by atoms with Crippen LogP contribution in [0.4, 0.5) is 0 Å². The molecule has 3 aromatic rings. The van der Waals surface area contributed by atoms with Crippen LogP contribution in [0.15, 0.2) is 9.59 Å². The summed E-state index contributed by atoms with van der Waals surface area (Å²) in [5, 5.41) is 0. The molecule has 0 N–H and O–H groups in total. The van der Waals surface area contributed by atoms with Gasteiger partial charge in [-0.3, -0.25) is 23.1 Å². The molecule has 1 aliphatic carbocycles. The van der Waals surface area contributed by atoms with Gasteiger partial charge in [0.05, 0.1) is 13.5 Å². The fourth-order valence-corrected chi connectivity index (χ4v) is 4.55. The first kappa shape index (κ1) is 19.5. The minimum Gasteiger partial charge on any atom is -0.469 e. The van der Waals surface area contributed by atoms with Gasteiger partial charge in [0.25, 0.3) is 5.56 Å². The lowest BCUT2D eigenvalue weighted by Gasteiger charge is -2.24. The lowest BCUT2D eigenvalue weighted by molar-refractivity contribution is -0.140. The van der Waals surface area contributed by atoms with E-state index < -0.39 is 17.2 Å². The highest BCUT2D eigenvalue weighted by molar-refractivity contribution is 5.76. The van der Waals surface area contributed by atoms with Gasteiger partial charge in [-0.2, -0.15) is 4.98 Å². The second-order valence-electron chi connectivity index (χ2n) is 7.88. The topological polar surface area (TPSA) is 92.5 Å². The SMILES string of the molecule is COC(=O)CCn1c(=O)c2c(nc3n(C4CCCCC4)c(C)c(C)n23)n(C)c1=O. The predicted octanol–water partition coefficient (Wildman–Crippen LogP) is 1.83. The third-order valence-electron chi connectivity index (χ3n) is 6.27. The van der Waals surface area contributed by atoms with Crippen molar-refractivity contribution in [2.45, 2.75) is 65.0 Å².